The molecular weight excluding hydrogens is 358 g/mol. The molecule has 0 spiro atoms. The summed E-state index contributed by atoms with van der Waals surface area (Å²) in [5.74, 6) is 0.765. The van der Waals surface area contributed by atoms with E-state index in [1.165, 1.54) is 5.56 Å². The molecule has 0 saturated carbocycles. The molecule has 0 atom stereocenters. The fraction of sp³-hybridized carbons (Fsp3) is 0.190. The summed E-state index contributed by atoms with van der Waals surface area (Å²) in [5, 5.41) is 0. The molecule has 27 heavy (non-hydrogen) atoms. The van der Waals surface area contributed by atoms with E-state index in [4.69, 9.17) is 0 Å². The van der Waals surface area contributed by atoms with Gasteiger partial charge in [-0.2, -0.15) is 0 Å². The van der Waals surface area contributed by atoms with Gasteiger partial charge in [0.05, 0.1) is 16.8 Å². The predicted octanol–water partition coefficient (Wildman–Crippen LogP) is 4.66. The lowest BCUT2D eigenvalue weighted by Gasteiger charge is -2.22. The third kappa shape index (κ3) is 4.46. The molecule has 6 heteroatoms. The fourth-order valence-electron chi connectivity index (χ4n) is 2.81. The fourth-order valence-corrected chi connectivity index (χ4v) is 3.85. The van der Waals surface area contributed by atoms with E-state index in [9.17, 15) is 8.42 Å². The second kappa shape index (κ2) is 7.80. The number of nitrogens with zero attached hydrogens (tertiary/aromatic N) is 2. The predicted molar refractivity (Wildman–Crippen MR) is 110 cm³/mol. The van der Waals surface area contributed by atoms with Crippen molar-refractivity contribution in [2.24, 2.45) is 0 Å². The summed E-state index contributed by atoms with van der Waals surface area (Å²) in [5.41, 5.74) is 3.67. The van der Waals surface area contributed by atoms with Gasteiger partial charge in [-0.1, -0.05) is 29.8 Å². The number of pyridine rings is 1. The molecule has 3 rings (SSSR count). The highest BCUT2D eigenvalue weighted by molar-refractivity contribution is 7.92. The Morgan fingerprint density at radius 1 is 0.963 bits per heavy atom. The van der Waals surface area contributed by atoms with Crippen molar-refractivity contribution in [3.8, 4) is 0 Å². The molecule has 0 saturated heterocycles. The van der Waals surface area contributed by atoms with Crippen molar-refractivity contribution in [2.45, 2.75) is 25.7 Å². The Morgan fingerprint density at radius 2 is 1.70 bits per heavy atom. The summed E-state index contributed by atoms with van der Waals surface area (Å²) >= 11 is 0. The van der Waals surface area contributed by atoms with Gasteiger partial charge in [0.25, 0.3) is 10.0 Å². The second-order valence-corrected chi connectivity index (χ2v) is 8.09. The zero-order valence-corrected chi connectivity index (χ0v) is 16.5. The number of aryl methyl sites for hydroxylation is 2. The van der Waals surface area contributed by atoms with Crippen LogP contribution in [0.5, 0.6) is 0 Å². The van der Waals surface area contributed by atoms with Gasteiger partial charge in [-0.15, -0.1) is 0 Å². The van der Waals surface area contributed by atoms with Crippen LogP contribution in [-0.2, 0) is 10.0 Å². The largest absolute Gasteiger partial charge is 0.327 e. The van der Waals surface area contributed by atoms with Gasteiger partial charge in [0.15, 0.2) is 0 Å². The summed E-state index contributed by atoms with van der Waals surface area (Å²) < 4.78 is 27.6. The lowest BCUT2D eigenvalue weighted by atomic mass is 10.2. The standard InChI is InChI=1S/C21H23N3O2S/c1-4-24(19-7-5-6-17(3)14-19)21-13-10-18(15-22-21)23-27(25,26)20-11-8-16(2)9-12-20/h5-15,23H,4H2,1-3H3. The number of anilines is 3. The SMILES string of the molecule is CCN(c1cccc(C)c1)c1ccc(NS(=O)(=O)c2ccc(C)cc2)cn1. The first-order valence-corrected chi connectivity index (χ1v) is 10.3. The molecule has 0 aliphatic heterocycles. The maximum atomic E-state index is 12.5. The van der Waals surface area contributed by atoms with E-state index in [0.29, 0.717) is 5.69 Å². The van der Waals surface area contributed by atoms with Crippen LogP contribution in [-0.4, -0.2) is 19.9 Å². The average molecular weight is 382 g/mol. The topological polar surface area (TPSA) is 62.3 Å². The summed E-state index contributed by atoms with van der Waals surface area (Å²) in [4.78, 5) is 6.75. The maximum absolute atomic E-state index is 12.5. The second-order valence-electron chi connectivity index (χ2n) is 6.41. The Balaban J connectivity index is 1.81. The van der Waals surface area contributed by atoms with Crippen molar-refractivity contribution in [1.82, 2.24) is 4.98 Å². The summed E-state index contributed by atoms with van der Waals surface area (Å²) in [7, 11) is -3.63. The lowest BCUT2D eigenvalue weighted by Crippen LogP contribution is -2.18. The highest BCUT2D eigenvalue weighted by atomic mass is 32.2. The van der Waals surface area contributed by atoms with E-state index in [1.54, 1.807) is 36.5 Å². The van der Waals surface area contributed by atoms with Gasteiger partial charge >= 0.3 is 0 Å². The molecule has 0 unspecified atom stereocenters. The van der Waals surface area contributed by atoms with Crippen LogP contribution >= 0.6 is 0 Å². The molecule has 0 amide bonds. The minimum Gasteiger partial charge on any atom is -0.327 e. The van der Waals surface area contributed by atoms with Crippen LogP contribution in [0.3, 0.4) is 0 Å². The third-order valence-electron chi connectivity index (χ3n) is 4.24. The summed E-state index contributed by atoms with van der Waals surface area (Å²) in [6, 6.07) is 18.5. The van der Waals surface area contributed by atoms with Crippen molar-refractivity contribution in [3.63, 3.8) is 0 Å². The maximum Gasteiger partial charge on any atom is 0.261 e. The number of rotatable bonds is 6. The first-order chi connectivity index (χ1) is 12.9. The quantitative estimate of drug-likeness (QED) is 0.675. The molecule has 140 valence electrons. The molecule has 0 aliphatic carbocycles. The smallest absolute Gasteiger partial charge is 0.261 e. The number of benzene rings is 2. The van der Waals surface area contributed by atoms with Crippen molar-refractivity contribution in [2.75, 3.05) is 16.2 Å². The molecule has 0 bridgehead atoms. The minimum atomic E-state index is -3.63. The number of hydrogen-bond acceptors (Lipinski definition) is 4. The molecule has 2 aromatic carbocycles. The zero-order chi connectivity index (χ0) is 19.4. The number of aromatic nitrogens is 1. The molecule has 1 aromatic heterocycles. The highest BCUT2D eigenvalue weighted by Crippen LogP contribution is 2.25. The molecule has 1 heterocycles. The van der Waals surface area contributed by atoms with E-state index < -0.39 is 10.0 Å². The van der Waals surface area contributed by atoms with Gasteiger partial charge in [-0.05, 0) is 62.7 Å². The molecule has 0 radical (unpaired) electrons. The Bertz CT molecular complexity index is 1010. The van der Waals surface area contributed by atoms with Crippen LogP contribution in [0.25, 0.3) is 0 Å². The summed E-state index contributed by atoms with van der Waals surface area (Å²) in [6.07, 6.45) is 1.54. The van der Waals surface area contributed by atoms with Crippen LogP contribution in [0.4, 0.5) is 17.2 Å². The van der Waals surface area contributed by atoms with Gasteiger partial charge < -0.3 is 4.90 Å². The van der Waals surface area contributed by atoms with Gasteiger partial charge in [0, 0.05) is 12.2 Å². The van der Waals surface area contributed by atoms with Crippen molar-refractivity contribution in [3.05, 3.63) is 78.0 Å². The normalized spacial score (nSPS) is 11.2. The number of nitrogens with one attached hydrogen (secondary N) is 1. The Labute approximate surface area is 160 Å². The van der Waals surface area contributed by atoms with E-state index in [2.05, 4.69) is 27.6 Å². The van der Waals surface area contributed by atoms with E-state index in [-0.39, 0.29) is 4.90 Å². The highest BCUT2D eigenvalue weighted by Gasteiger charge is 2.15. The van der Waals surface area contributed by atoms with Crippen molar-refractivity contribution >= 4 is 27.2 Å². The monoisotopic (exact) mass is 381 g/mol. The van der Waals surface area contributed by atoms with Crippen molar-refractivity contribution < 1.29 is 8.42 Å². The zero-order valence-electron chi connectivity index (χ0n) is 15.7. The first-order valence-electron chi connectivity index (χ1n) is 8.79. The van der Waals surface area contributed by atoms with Gasteiger partial charge in [0.1, 0.15) is 5.82 Å². The Kier molecular flexibility index (Phi) is 5.46. The van der Waals surface area contributed by atoms with Crippen LogP contribution in [0.1, 0.15) is 18.1 Å². The number of hydrogen-bond donors (Lipinski definition) is 1. The van der Waals surface area contributed by atoms with Crippen LogP contribution < -0.4 is 9.62 Å². The van der Waals surface area contributed by atoms with Crippen LogP contribution in [0, 0.1) is 13.8 Å². The summed E-state index contributed by atoms with van der Waals surface area (Å²) in [6.45, 7) is 6.77. The molecular formula is C21H23N3O2S. The number of sulfonamides is 1. The van der Waals surface area contributed by atoms with Gasteiger partial charge in [-0.3, -0.25) is 4.72 Å². The lowest BCUT2D eigenvalue weighted by molar-refractivity contribution is 0.601. The molecule has 5 nitrogen and oxygen atoms in total. The van der Waals surface area contributed by atoms with Crippen LogP contribution in [0.2, 0.25) is 0 Å². The third-order valence-corrected chi connectivity index (χ3v) is 5.63. The van der Waals surface area contributed by atoms with Gasteiger partial charge in [-0.25, -0.2) is 13.4 Å². The molecule has 0 fully saturated rings. The molecule has 0 aliphatic rings. The van der Waals surface area contributed by atoms with Gasteiger partial charge in [0.2, 0.25) is 0 Å². The minimum absolute atomic E-state index is 0.229. The van der Waals surface area contributed by atoms with Crippen LogP contribution in [0.15, 0.2) is 71.8 Å². The van der Waals surface area contributed by atoms with E-state index >= 15 is 0 Å². The molecule has 3 aromatic rings. The molecule has 1 N–H and O–H groups in total. The van der Waals surface area contributed by atoms with E-state index in [0.717, 1.165) is 23.6 Å². The van der Waals surface area contributed by atoms with Crippen molar-refractivity contribution in [1.29, 1.82) is 0 Å². The Hall–Kier alpha value is -2.86. The Morgan fingerprint density at radius 3 is 2.30 bits per heavy atom. The average Bonchev–Trinajstić information content (AvgIpc) is 2.64. The first kappa shape index (κ1) is 18.9. The van der Waals surface area contributed by atoms with E-state index in [1.807, 2.05) is 38.1 Å².